The van der Waals surface area contributed by atoms with Gasteiger partial charge in [0.2, 0.25) is 11.8 Å². The highest BCUT2D eigenvalue weighted by molar-refractivity contribution is 5.94. The van der Waals surface area contributed by atoms with Crippen LogP contribution in [0.1, 0.15) is 45.1 Å². The minimum Gasteiger partial charge on any atom is -0.374 e. The quantitative estimate of drug-likeness (QED) is 0.928. The van der Waals surface area contributed by atoms with Crippen LogP contribution < -0.4 is 10.2 Å². The van der Waals surface area contributed by atoms with E-state index in [1.165, 1.54) is 18.4 Å². The Labute approximate surface area is 144 Å². The number of amides is 2. The molecule has 2 heterocycles. The van der Waals surface area contributed by atoms with Crippen LogP contribution >= 0.6 is 0 Å². The van der Waals surface area contributed by atoms with E-state index in [0.29, 0.717) is 0 Å². The fraction of sp³-hybridized carbons (Fsp3) is 0.579. The summed E-state index contributed by atoms with van der Waals surface area (Å²) >= 11 is 0. The van der Waals surface area contributed by atoms with Crippen molar-refractivity contribution in [3.8, 4) is 0 Å². The van der Waals surface area contributed by atoms with Gasteiger partial charge in [0.1, 0.15) is 6.04 Å². The van der Waals surface area contributed by atoms with Gasteiger partial charge in [0.15, 0.2) is 0 Å². The molecule has 0 aromatic heterocycles. The van der Waals surface area contributed by atoms with Crippen LogP contribution in [0.3, 0.4) is 0 Å². The summed E-state index contributed by atoms with van der Waals surface area (Å²) in [7, 11) is 0. The van der Waals surface area contributed by atoms with E-state index in [9.17, 15) is 9.59 Å². The van der Waals surface area contributed by atoms with E-state index >= 15 is 0 Å². The van der Waals surface area contributed by atoms with Crippen molar-refractivity contribution in [2.45, 2.75) is 52.0 Å². The normalized spacial score (nSPS) is 18.8. The number of nitrogens with one attached hydrogen (secondary N) is 1. The number of hydrogen-bond acceptors (Lipinski definition) is 3. The fourth-order valence-electron chi connectivity index (χ4n) is 3.70. The largest absolute Gasteiger partial charge is 0.374 e. The molecule has 0 radical (unpaired) electrons. The first-order valence-corrected chi connectivity index (χ1v) is 9.02. The Morgan fingerprint density at radius 1 is 1.08 bits per heavy atom. The van der Waals surface area contributed by atoms with Crippen molar-refractivity contribution in [3.05, 3.63) is 23.8 Å². The van der Waals surface area contributed by atoms with Gasteiger partial charge in [0.05, 0.1) is 0 Å². The zero-order valence-corrected chi connectivity index (χ0v) is 14.7. The lowest BCUT2D eigenvalue weighted by atomic mass is 10.1. The van der Waals surface area contributed by atoms with Crippen molar-refractivity contribution >= 4 is 23.2 Å². The number of carbonyl (C=O) groups excluding carboxylic acids is 2. The summed E-state index contributed by atoms with van der Waals surface area (Å²) in [5.41, 5.74) is 3.12. The first-order valence-electron chi connectivity index (χ1n) is 9.02. The van der Waals surface area contributed by atoms with Gasteiger partial charge in [-0.25, -0.2) is 0 Å². The molecule has 0 saturated carbocycles. The van der Waals surface area contributed by atoms with E-state index in [-0.39, 0.29) is 17.9 Å². The van der Waals surface area contributed by atoms with Gasteiger partial charge in [0, 0.05) is 37.9 Å². The number of nitrogens with zero attached hydrogens (tertiary/aromatic N) is 2. The SMILES string of the molecule is CC(=O)N1CCc2cc(N[C@@H](C)C(=O)N3CCCCCC3)ccc21. The standard InChI is InChI=1S/C19H27N3O2/c1-14(19(24)21-10-5-3-4-6-11-21)20-17-7-8-18-16(13-17)9-12-22(18)15(2)23/h7-8,13-14,20H,3-6,9-12H2,1-2H3/t14-/m0/s1. The zero-order valence-electron chi connectivity index (χ0n) is 14.7. The minimum absolute atomic E-state index is 0.0826. The maximum atomic E-state index is 12.6. The highest BCUT2D eigenvalue weighted by atomic mass is 16.2. The highest BCUT2D eigenvalue weighted by Gasteiger charge is 2.24. The predicted molar refractivity (Wildman–Crippen MR) is 96.3 cm³/mol. The molecule has 1 aromatic rings. The van der Waals surface area contributed by atoms with Gasteiger partial charge in [-0.3, -0.25) is 9.59 Å². The molecular weight excluding hydrogens is 302 g/mol. The third kappa shape index (κ3) is 3.55. The molecule has 2 aliphatic heterocycles. The first-order chi connectivity index (χ1) is 11.6. The smallest absolute Gasteiger partial charge is 0.244 e. The molecule has 1 atom stereocenters. The second kappa shape index (κ2) is 7.24. The van der Waals surface area contributed by atoms with E-state index in [2.05, 4.69) is 11.4 Å². The van der Waals surface area contributed by atoms with E-state index < -0.39 is 0 Å². The predicted octanol–water partition coefficient (Wildman–Crippen LogP) is 2.80. The molecule has 1 fully saturated rings. The Bertz CT molecular complexity index is 621. The molecule has 5 heteroatoms. The van der Waals surface area contributed by atoms with Crippen molar-refractivity contribution in [2.75, 3.05) is 29.9 Å². The zero-order chi connectivity index (χ0) is 17.1. The third-order valence-electron chi connectivity index (χ3n) is 5.03. The molecule has 1 N–H and O–H groups in total. The van der Waals surface area contributed by atoms with Gasteiger partial charge >= 0.3 is 0 Å². The van der Waals surface area contributed by atoms with Crippen molar-refractivity contribution in [3.63, 3.8) is 0 Å². The number of benzene rings is 1. The van der Waals surface area contributed by atoms with Crippen LogP contribution in [0.4, 0.5) is 11.4 Å². The lowest BCUT2D eigenvalue weighted by molar-refractivity contribution is -0.131. The Balaban J connectivity index is 1.65. The number of carbonyl (C=O) groups is 2. The van der Waals surface area contributed by atoms with Gasteiger partial charge in [-0.1, -0.05) is 12.8 Å². The monoisotopic (exact) mass is 329 g/mol. The molecule has 0 bridgehead atoms. The number of rotatable bonds is 3. The molecule has 130 valence electrons. The van der Waals surface area contributed by atoms with Gasteiger partial charge in [-0.05, 0) is 49.9 Å². The van der Waals surface area contributed by atoms with Crippen LogP contribution in [0.2, 0.25) is 0 Å². The average molecular weight is 329 g/mol. The molecule has 1 saturated heterocycles. The molecule has 0 aliphatic carbocycles. The summed E-state index contributed by atoms with van der Waals surface area (Å²) in [6.07, 6.45) is 5.54. The Morgan fingerprint density at radius 2 is 1.79 bits per heavy atom. The maximum Gasteiger partial charge on any atom is 0.244 e. The van der Waals surface area contributed by atoms with E-state index in [4.69, 9.17) is 0 Å². The second-order valence-corrected chi connectivity index (χ2v) is 6.87. The van der Waals surface area contributed by atoms with Crippen molar-refractivity contribution in [1.29, 1.82) is 0 Å². The van der Waals surface area contributed by atoms with Crippen LogP contribution in [0, 0.1) is 0 Å². The molecule has 24 heavy (non-hydrogen) atoms. The third-order valence-corrected chi connectivity index (χ3v) is 5.03. The summed E-state index contributed by atoms with van der Waals surface area (Å²) in [5, 5.41) is 3.34. The maximum absolute atomic E-state index is 12.6. The summed E-state index contributed by atoms with van der Waals surface area (Å²) in [5.74, 6) is 0.266. The Morgan fingerprint density at radius 3 is 2.46 bits per heavy atom. The molecule has 0 unspecified atom stereocenters. The molecule has 2 aliphatic rings. The molecular formula is C19H27N3O2. The minimum atomic E-state index is -0.230. The second-order valence-electron chi connectivity index (χ2n) is 6.87. The number of anilines is 2. The summed E-state index contributed by atoms with van der Waals surface area (Å²) in [6.45, 7) is 6.03. The van der Waals surface area contributed by atoms with Gasteiger partial charge in [0.25, 0.3) is 0 Å². The fourth-order valence-corrected chi connectivity index (χ4v) is 3.70. The molecule has 1 aromatic carbocycles. The van der Waals surface area contributed by atoms with Gasteiger partial charge in [-0.15, -0.1) is 0 Å². The Kier molecular flexibility index (Phi) is 5.07. The van der Waals surface area contributed by atoms with E-state index in [1.54, 1.807) is 6.92 Å². The first kappa shape index (κ1) is 16.8. The highest BCUT2D eigenvalue weighted by Crippen LogP contribution is 2.30. The number of likely N-dealkylation sites (tertiary alicyclic amines) is 1. The summed E-state index contributed by atoms with van der Waals surface area (Å²) in [4.78, 5) is 28.1. The summed E-state index contributed by atoms with van der Waals surface area (Å²) < 4.78 is 0. The van der Waals surface area contributed by atoms with Crippen LogP contribution in [-0.4, -0.2) is 42.4 Å². The summed E-state index contributed by atoms with van der Waals surface area (Å²) in [6, 6.07) is 5.79. The van der Waals surface area contributed by atoms with Crippen LogP contribution in [0.25, 0.3) is 0 Å². The van der Waals surface area contributed by atoms with Crippen molar-refractivity contribution in [1.82, 2.24) is 4.90 Å². The lowest BCUT2D eigenvalue weighted by Crippen LogP contribution is -2.41. The molecule has 2 amide bonds. The van der Waals surface area contributed by atoms with E-state index in [0.717, 1.165) is 50.3 Å². The average Bonchev–Trinajstić information content (AvgIpc) is 2.79. The lowest BCUT2D eigenvalue weighted by Gasteiger charge is -2.25. The van der Waals surface area contributed by atoms with Crippen molar-refractivity contribution < 1.29 is 9.59 Å². The van der Waals surface area contributed by atoms with Crippen LogP contribution in [-0.2, 0) is 16.0 Å². The number of fused-ring (bicyclic) bond motifs is 1. The van der Waals surface area contributed by atoms with Crippen LogP contribution in [0.15, 0.2) is 18.2 Å². The van der Waals surface area contributed by atoms with Crippen LogP contribution in [0.5, 0.6) is 0 Å². The number of hydrogen-bond donors (Lipinski definition) is 1. The van der Waals surface area contributed by atoms with Gasteiger partial charge in [-0.2, -0.15) is 0 Å². The molecule has 5 nitrogen and oxygen atoms in total. The van der Waals surface area contributed by atoms with E-state index in [1.807, 2.05) is 28.9 Å². The van der Waals surface area contributed by atoms with Crippen molar-refractivity contribution in [2.24, 2.45) is 0 Å². The van der Waals surface area contributed by atoms with Gasteiger partial charge < -0.3 is 15.1 Å². The topological polar surface area (TPSA) is 52.7 Å². The molecule has 3 rings (SSSR count). The molecule has 0 spiro atoms. The Hall–Kier alpha value is -2.04.